The molecule has 1 atom stereocenters. The third-order valence-corrected chi connectivity index (χ3v) is 3.39. The number of aliphatic hydroxyl groups is 2. The highest BCUT2D eigenvalue weighted by Gasteiger charge is 2.30. The molecule has 13 heavy (non-hydrogen) atoms. The van der Waals surface area contributed by atoms with E-state index in [1.807, 2.05) is 0 Å². The van der Waals surface area contributed by atoms with Gasteiger partial charge in [0.05, 0.1) is 11.9 Å². The van der Waals surface area contributed by atoms with E-state index in [0.717, 1.165) is 24.8 Å². The summed E-state index contributed by atoms with van der Waals surface area (Å²) in [5, 5.41) is 19.3. The summed E-state index contributed by atoms with van der Waals surface area (Å²) in [5.74, 6) is 0.964. The molecule has 1 fully saturated rings. The Morgan fingerprint density at radius 2 is 1.69 bits per heavy atom. The number of hydrogen-bond acceptors (Lipinski definition) is 2. The molecule has 0 aromatic rings. The summed E-state index contributed by atoms with van der Waals surface area (Å²) < 4.78 is 0. The maximum atomic E-state index is 9.69. The standard InChI is InChI=1S/C11H18O2/c12-9-6-7-10(13)11(9)8-4-2-1-3-5-8/h8-9,12-13H,1-7H2. The summed E-state index contributed by atoms with van der Waals surface area (Å²) in [6.45, 7) is 0. The summed E-state index contributed by atoms with van der Waals surface area (Å²) in [6, 6.07) is 0. The molecule has 1 saturated carbocycles. The third kappa shape index (κ3) is 1.73. The molecule has 1 unspecified atom stereocenters. The van der Waals surface area contributed by atoms with Crippen LogP contribution in [0.1, 0.15) is 44.9 Å². The molecule has 0 heterocycles. The first kappa shape index (κ1) is 9.07. The zero-order valence-electron chi connectivity index (χ0n) is 8.00. The van der Waals surface area contributed by atoms with Gasteiger partial charge in [0.2, 0.25) is 0 Å². The van der Waals surface area contributed by atoms with Gasteiger partial charge in [-0.2, -0.15) is 0 Å². The zero-order chi connectivity index (χ0) is 9.26. The van der Waals surface area contributed by atoms with Crippen molar-refractivity contribution in [3.63, 3.8) is 0 Å². The predicted octanol–water partition coefficient (Wildman–Crippen LogP) is 2.53. The molecule has 2 heteroatoms. The second-order valence-corrected chi connectivity index (χ2v) is 4.29. The van der Waals surface area contributed by atoms with Crippen LogP contribution in [0.3, 0.4) is 0 Å². The van der Waals surface area contributed by atoms with Gasteiger partial charge in [-0.1, -0.05) is 19.3 Å². The lowest BCUT2D eigenvalue weighted by Gasteiger charge is -2.25. The summed E-state index contributed by atoms with van der Waals surface area (Å²) in [7, 11) is 0. The van der Waals surface area contributed by atoms with Crippen LogP contribution in [0.25, 0.3) is 0 Å². The fourth-order valence-corrected chi connectivity index (χ4v) is 2.69. The Hall–Kier alpha value is -0.500. The Bertz CT molecular complexity index is 214. The fourth-order valence-electron chi connectivity index (χ4n) is 2.69. The van der Waals surface area contributed by atoms with Crippen molar-refractivity contribution in [2.75, 3.05) is 0 Å². The van der Waals surface area contributed by atoms with Gasteiger partial charge in [0.25, 0.3) is 0 Å². The average molecular weight is 182 g/mol. The fraction of sp³-hybridized carbons (Fsp3) is 0.818. The molecule has 0 aromatic heterocycles. The van der Waals surface area contributed by atoms with Crippen LogP contribution in [0, 0.1) is 5.92 Å². The van der Waals surface area contributed by atoms with Gasteiger partial charge in [0, 0.05) is 6.42 Å². The molecule has 0 spiro atoms. The smallest absolute Gasteiger partial charge is 0.0944 e. The highest BCUT2D eigenvalue weighted by atomic mass is 16.3. The van der Waals surface area contributed by atoms with E-state index < -0.39 is 0 Å². The molecule has 2 aliphatic rings. The van der Waals surface area contributed by atoms with Crippen LogP contribution in [0.2, 0.25) is 0 Å². The first-order chi connectivity index (χ1) is 6.29. The summed E-state index contributed by atoms with van der Waals surface area (Å²) >= 11 is 0. The minimum atomic E-state index is -0.344. The SMILES string of the molecule is OC1=C(C2CCCCC2)C(O)CC1. The van der Waals surface area contributed by atoms with E-state index in [1.54, 1.807) is 0 Å². The van der Waals surface area contributed by atoms with Crippen molar-refractivity contribution < 1.29 is 10.2 Å². The quantitative estimate of drug-likeness (QED) is 0.654. The second-order valence-electron chi connectivity index (χ2n) is 4.29. The molecule has 0 bridgehead atoms. The molecular formula is C11H18O2. The number of hydrogen-bond donors (Lipinski definition) is 2. The molecule has 74 valence electrons. The van der Waals surface area contributed by atoms with Crippen LogP contribution in [-0.2, 0) is 0 Å². The van der Waals surface area contributed by atoms with Crippen molar-refractivity contribution >= 4 is 0 Å². The lowest BCUT2D eigenvalue weighted by atomic mass is 9.82. The minimum Gasteiger partial charge on any atom is -0.512 e. The van der Waals surface area contributed by atoms with Crippen molar-refractivity contribution in [1.29, 1.82) is 0 Å². The second kappa shape index (κ2) is 3.70. The summed E-state index contributed by atoms with van der Waals surface area (Å²) in [5.41, 5.74) is 0.972. The van der Waals surface area contributed by atoms with Crippen molar-refractivity contribution in [3.05, 3.63) is 11.3 Å². The zero-order valence-corrected chi connectivity index (χ0v) is 8.00. The molecule has 0 radical (unpaired) electrons. The van der Waals surface area contributed by atoms with Gasteiger partial charge in [-0.3, -0.25) is 0 Å². The van der Waals surface area contributed by atoms with Crippen LogP contribution in [0.5, 0.6) is 0 Å². The first-order valence-electron chi connectivity index (χ1n) is 5.39. The molecule has 2 rings (SSSR count). The lowest BCUT2D eigenvalue weighted by Crippen LogP contribution is -2.17. The molecule has 2 N–H and O–H groups in total. The van der Waals surface area contributed by atoms with Crippen molar-refractivity contribution in [3.8, 4) is 0 Å². The highest BCUT2D eigenvalue weighted by molar-refractivity contribution is 5.22. The molecular weight excluding hydrogens is 164 g/mol. The number of aliphatic hydroxyl groups excluding tert-OH is 2. The van der Waals surface area contributed by atoms with Crippen LogP contribution in [-0.4, -0.2) is 16.3 Å². The van der Waals surface area contributed by atoms with Gasteiger partial charge >= 0.3 is 0 Å². The molecule has 2 nitrogen and oxygen atoms in total. The Kier molecular flexibility index (Phi) is 2.58. The van der Waals surface area contributed by atoms with Gasteiger partial charge in [0.1, 0.15) is 0 Å². The topological polar surface area (TPSA) is 40.5 Å². The van der Waals surface area contributed by atoms with E-state index in [4.69, 9.17) is 0 Å². The van der Waals surface area contributed by atoms with Crippen LogP contribution in [0.4, 0.5) is 0 Å². The third-order valence-electron chi connectivity index (χ3n) is 3.39. The number of rotatable bonds is 1. The Labute approximate surface area is 79.3 Å². The van der Waals surface area contributed by atoms with E-state index in [1.165, 1.54) is 19.3 Å². The van der Waals surface area contributed by atoms with Crippen molar-refractivity contribution in [2.24, 2.45) is 5.92 Å². The predicted molar refractivity (Wildman–Crippen MR) is 51.5 cm³/mol. The van der Waals surface area contributed by atoms with Gasteiger partial charge in [-0.15, -0.1) is 0 Å². The van der Waals surface area contributed by atoms with Crippen LogP contribution < -0.4 is 0 Å². The molecule has 0 aliphatic heterocycles. The molecule has 0 saturated heterocycles. The average Bonchev–Trinajstić information content (AvgIpc) is 2.48. The summed E-state index contributed by atoms with van der Waals surface area (Å²) in [4.78, 5) is 0. The summed E-state index contributed by atoms with van der Waals surface area (Å²) in [6.07, 6.45) is 7.24. The Morgan fingerprint density at radius 3 is 2.23 bits per heavy atom. The minimum absolute atomic E-state index is 0.344. The largest absolute Gasteiger partial charge is 0.512 e. The highest BCUT2D eigenvalue weighted by Crippen LogP contribution is 2.38. The first-order valence-corrected chi connectivity index (χ1v) is 5.39. The molecule has 0 aromatic carbocycles. The van der Waals surface area contributed by atoms with E-state index in [2.05, 4.69) is 0 Å². The van der Waals surface area contributed by atoms with Crippen LogP contribution >= 0.6 is 0 Å². The monoisotopic (exact) mass is 182 g/mol. The van der Waals surface area contributed by atoms with Gasteiger partial charge in [-0.05, 0) is 30.8 Å². The maximum Gasteiger partial charge on any atom is 0.0944 e. The Morgan fingerprint density at radius 1 is 1.00 bits per heavy atom. The maximum absolute atomic E-state index is 9.69. The van der Waals surface area contributed by atoms with Gasteiger partial charge in [0.15, 0.2) is 0 Å². The van der Waals surface area contributed by atoms with Crippen LogP contribution in [0.15, 0.2) is 11.3 Å². The van der Waals surface area contributed by atoms with E-state index >= 15 is 0 Å². The Balaban J connectivity index is 2.09. The lowest BCUT2D eigenvalue weighted by molar-refractivity contribution is 0.190. The van der Waals surface area contributed by atoms with Gasteiger partial charge < -0.3 is 10.2 Å². The van der Waals surface area contributed by atoms with E-state index in [0.29, 0.717) is 18.1 Å². The van der Waals surface area contributed by atoms with E-state index in [-0.39, 0.29) is 6.10 Å². The van der Waals surface area contributed by atoms with Crippen molar-refractivity contribution in [1.82, 2.24) is 0 Å². The van der Waals surface area contributed by atoms with Crippen molar-refractivity contribution in [2.45, 2.75) is 51.0 Å². The normalized spacial score (nSPS) is 31.3. The number of allylic oxidation sites excluding steroid dienone is 1. The van der Waals surface area contributed by atoms with Gasteiger partial charge in [-0.25, -0.2) is 0 Å². The van der Waals surface area contributed by atoms with E-state index in [9.17, 15) is 10.2 Å². The molecule has 2 aliphatic carbocycles. The molecule has 0 amide bonds.